The molecule has 30 heavy (non-hydrogen) atoms. The molecule has 162 valence electrons. The molecule has 1 amide bonds. The number of para-hydroxylation sites is 1. The lowest BCUT2D eigenvalue weighted by Gasteiger charge is -2.23. The minimum Gasteiger partial charge on any atom is -0.462 e. The Labute approximate surface area is 178 Å². The van der Waals surface area contributed by atoms with Gasteiger partial charge in [-0.25, -0.2) is 13.2 Å². The highest BCUT2D eigenvalue weighted by atomic mass is 32.2. The first-order chi connectivity index (χ1) is 14.1. The van der Waals surface area contributed by atoms with Crippen molar-refractivity contribution in [2.45, 2.75) is 33.6 Å². The van der Waals surface area contributed by atoms with E-state index < -0.39 is 16.0 Å². The number of hydrogen-bond donors (Lipinski definition) is 1. The summed E-state index contributed by atoms with van der Waals surface area (Å²) in [6.07, 6.45) is 1.59. The first-order valence-corrected chi connectivity index (χ1v) is 11.6. The van der Waals surface area contributed by atoms with E-state index in [1.807, 2.05) is 32.0 Å². The van der Waals surface area contributed by atoms with E-state index in [2.05, 4.69) is 5.32 Å². The fourth-order valence-corrected chi connectivity index (χ4v) is 4.11. The Balaban J connectivity index is 2.04. The number of nitrogens with zero attached hydrogens (tertiary/aromatic N) is 1. The monoisotopic (exact) mass is 432 g/mol. The minimum atomic E-state index is -3.49. The van der Waals surface area contributed by atoms with Gasteiger partial charge in [-0.15, -0.1) is 0 Å². The fraction of sp³-hybridized carbons (Fsp3) is 0.364. The van der Waals surface area contributed by atoms with Crippen molar-refractivity contribution in [3.05, 3.63) is 59.2 Å². The zero-order chi connectivity index (χ0) is 22.3. The number of rotatable bonds is 9. The SMILES string of the molecule is CCOC(=O)c1ccccc1NC(=O)CCCN(c1cc(C)cc(C)c1)S(C)(=O)=O. The van der Waals surface area contributed by atoms with Crippen LogP contribution < -0.4 is 9.62 Å². The maximum Gasteiger partial charge on any atom is 0.340 e. The van der Waals surface area contributed by atoms with E-state index in [4.69, 9.17) is 4.74 Å². The van der Waals surface area contributed by atoms with Gasteiger partial charge in [-0.05, 0) is 62.6 Å². The number of esters is 1. The largest absolute Gasteiger partial charge is 0.462 e. The molecule has 0 unspecified atom stereocenters. The highest BCUT2D eigenvalue weighted by Gasteiger charge is 2.19. The number of nitrogens with one attached hydrogen (secondary N) is 1. The Morgan fingerprint density at radius 2 is 1.70 bits per heavy atom. The van der Waals surface area contributed by atoms with E-state index in [0.29, 0.717) is 17.8 Å². The highest BCUT2D eigenvalue weighted by molar-refractivity contribution is 7.92. The third kappa shape index (κ3) is 6.59. The van der Waals surface area contributed by atoms with Crippen molar-refractivity contribution in [2.24, 2.45) is 0 Å². The number of carbonyl (C=O) groups is 2. The molecule has 0 saturated carbocycles. The summed E-state index contributed by atoms with van der Waals surface area (Å²) in [6, 6.07) is 12.2. The molecule has 2 rings (SSSR count). The summed E-state index contributed by atoms with van der Waals surface area (Å²) < 4.78 is 30.9. The lowest BCUT2D eigenvalue weighted by molar-refractivity contribution is -0.116. The van der Waals surface area contributed by atoms with Crippen LogP contribution in [0.2, 0.25) is 0 Å². The fourth-order valence-electron chi connectivity index (χ4n) is 3.16. The van der Waals surface area contributed by atoms with Crippen LogP contribution in [0.5, 0.6) is 0 Å². The summed E-state index contributed by atoms with van der Waals surface area (Å²) in [6.45, 7) is 5.94. The summed E-state index contributed by atoms with van der Waals surface area (Å²) in [5.74, 6) is -0.813. The van der Waals surface area contributed by atoms with Gasteiger partial charge in [0.05, 0.1) is 29.8 Å². The van der Waals surface area contributed by atoms with Gasteiger partial charge in [0.15, 0.2) is 0 Å². The molecule has 0 aromatic heterocycles. The molecule has 0 aliphatic heterocycles. The Morgan fingerprint density at radius 1 is 1.07 bits per heavy atom. The van der Waals surface area contributed by atoms with Crippen molar-refractivity contribution in [3.8, 4) is 0 Å². The average molecular weight is 433 g/mol. The normalized spacial score (nSPS) is 11.1. The highest BCUT2D eigenvalue weighted by Crippen LogP contribution is 2.22. The summed E-state index contributed by atoms with van der Waals surface area (Å²) in [4.78, 5) is 24.4. The first kappa shape index (κ1) is 23.4. The summed E-state index contributed by atoms with van der Waals surface area (Å²) >= 11 is 0. The van der Waals surface area contributed by atoms with Crippen molar-refractivity contribution < 1.29 is 22.7 Å². The van der Waals surface area contributed by atoms with Gasteiger partial charge in [0, 0.05) is 13.0 Å². The number of carbonyl (C=O) groups excluding carboxylic acids is 2. The van der Waals surface area contributed by atoms with Crippen molar-refractivity contribution >= 4 is 33.3 Å². The lowest BCUT2D eigenvalue weighted by atomic mass is 10.1. The molecule has 8 heteroatoms. The predicted octanol–water partition coefficient (Wildman–Crippen LogP) is 3.67. The molecule has 0 aliphatic carbocycles. The molecule has 7 nitrogen and oxygen atoms in total. The number of hydrogen-bond acceptors (Lipinski definition) is 5. The van der Waals surface area contributed by atoms with Crippen molar-refractivity contribution in [3.63, 3.8) is 0 Å². The van der Waals surface area contributed by atoms with E-state index in [9.17, 15) is 18.0 Å². The standard InChI is InChI=1S/C22H28N2O5S/c1-5-29-22(26)19-9-6-7-10-20(19)23-21(25)11-8-12-24(30(4,27)28)18-14-16(2)13-17(3)15-18/h6-7,9-10,13-15H,5,8,11-12H2,1-4H3,(H,23,25). The van der Waals surface area contributed by atoms with Gasteiger partial charge in [0.1, 0.15) is 0 Å². The van der Waals surface area contributed by atoms with Crippen LogP contribution in [0, 0.1) is 13.8 Å². The smallest absolute Gasteiger partial charge is 0.340 e. The van der Waals surface area contributed by atoms with Gasteiger partial charge in [-0.3, -0.25) is 9.10 Å². The van der Waals surface area contributed by atoms with Crippen molar-refractivity contribution in [1.82, 2.24) is 0 Å². The number of ether oxygens (including phenoxy) is 1. The molecule has 0 saturated heterocycles. The third-order valence-electron chi connectivity index (χ3n) is 4.36. The van der Waals surface area contributed by atoms with Crippen LogP contribution in [0.3, 0.4) is 0 Å². The number of amides is 1. The zero-order valence-corrected chi connectivity index (χ0v) is 18.6. The number of benzene rings is 2. The average Bonchev–Trinajstić information content (AvgIpc) is 2.64. The van der Waals surface area contributed by atoms with Crippen LogP contribution >= 0.6 is 0 Å². The number of anilines is 2. The van der Waals surface area contributed by atoms with E-state index in [-0.39, 0.29) is 31.0 Å². The molecule has 0 atom stereocenters. The summed E-state index contributed by atoms with van der Waals surface area (Å²) in [5, 5.41) is 2.71. The van der Waals surface area contributed by atoms with Gasteiger partial charge < -0.3 is 10.1 Å². The van der Waals surface area contributed by atoms with E-state index in [1.54, 1.807) is 31.2 Å². The molecule has 2 aromatic carbocycles. The lowest BCUT2D eigenvalue weighted by Crippen LogP contribution is -2.31. The second-order valence-electron chi connectivity index (χ2n) is 7.10. The Hall–Kier alpha value is -2.87. The van der Waals surface area contributed by atoms with Crippen molar-refractivity contribution in [2.75, 3.05) is 29.0 Å². The molecule has 0 aliphatic rings. The van der Waals surface area contributed by atoms with Crippen LogP contribution in [0.15, 0.2) is 42.5 Å². The van der Waals surface area contributed by atoms with Crippen LogP contribution in [0.25, 0.3) is 0 Å². The Morgan fingerprint density at radius 3 is 2.30 bits per heavy atom. The topological polar surface area (TPSA) is 92.8 Å². The molecule has 0 bridgehead atoms. The molecule has 0 spiro atoms. The van der Waals surface area contributed by atoms with Crippen LogP contribution in [-0.4, -0.2) is 39.7 Å². The summed E-state index contributed by atoms with van der Waals surface area (Å²) in [7, 11) is -3.49. The van der Waals surface area contributed by atoms with Crippen LogP contribution in [-0.2, 0) is 19.6 Å². The number of sulfonamides is 1. The van der Waals surface area contributed by atoms with E-state index in [1.165, 1.54) is 4.31 Å². The molecular weight excluding hydrogens is 404 g/mol. The first-order valence-electron chi connectivity index (χ1n) is 9.74. The van der Waals surface area contributed by atoms with E-state index >= 15 is 0 Å². The quantitative estimate of drug-likeness (QED) is 0.611. The van der Waals surface area contributed by atoms with Gasteiger partial charge in [-0.1, -0.05) is 18.2 Å². The molecule has 0 radical (unpaired) electrons. The second kappa shape index (κ2) is 10.2. The van der Waals surface area contributed by atoms with Gasteiger partial charge >= 0.3 is 5.97 Å². The van der Waals surface area contributed by atoms with Crippen LogP contribution in [0.4, 0.5) is 11.4 Å². The molecule has 2 aromatic rings. The van der Waals surface area contributed by atoms with Gasteiger partial charge in [0.2, 0.25) is 15.9 Å². The molecule has 1 N–H and O–H groups in total. The second-order valence-corrected chi connectivity index (χ2v) is 9.01. The molecular formula is C22H28N2O5S. The number of aryl methyl sites for hydroxylation is 2. The van der Waals surface area contributed by atoms with Gasteiger partial charge in [-0.2, -0.15) is 0 Å². The third-order valence-corrected chi connectivity index (χ3v) is 5.55. The Bertz CT molecular complexity index is 998. The zero-order valence-electron chi connectivity index (χ0n) is 17.8. The van der Waals surface area contributed by atoms with Crippen LogP contribution in [0.1, 0.15) is 41.3 Å². The Kier molecular flexibility index (Phi) is 8.00. The van der Waals surface area contributed by atoms with Crippen molar-refractivity contribution in [1.29, 1.82) is 0 Å². The predicted molar refractivity (Wildman–Crippen MR) is 118 cm³/mol. The minimum absolute atomic E-state index is 0.105. The summed E-state index contributed by atoms with van der Waals surface area (Å²) in [5.41, 5.74) is 3.16. The molecule has 0 fully saturated rings. The maximum absolute atomic E-state index is 12.4. The van der Waals surface area contributed by atoms with E-state index in [0.717, 1.165) is 17.4 Å². The maximum atomic E-state index is 12.4. The van der Waals surface area contributed by atoms with Gasteiger partial charge in [0.25, 0.3) is 0 Å². The molecule has 0 heterocycles.